The second-order valence-corrected chi connectivity index (χ2v) is 8.15. The van der Waals surface area contributed by atoms with Crippen LogP contribution in [-0.2, 0) is 10.0 Å². The smallest absolute Gasteiger partial charge is 0.337 e. The van der Waals surface area contributed by atoms with Crippen LogP contribution in [0.4, 0.5) is 0 Å². The van der Waals surface area contributed by atoms with Crippen LogP contribution in [-0.4, -0.2) is 36.4 Å². The fraction of sp³-hybridized carbons (Fsp3) is 0.462. The van der Waals surface area contributed by atoms with E-state index in [0.29, 0.717) is 12.5 Å². The number of hydrogen-bond acceptors (Lipinski definition) is 3. The Bertz CT molecular complexity index is 719. The molecule has 0 aromatic heterocycles. The van der Waals surface area contributed by atoms with Crippen LogP contribution in [0, 0.1) is 5.92 Å². The lowest BCUT2D eigenvalue weighted by molar-refractivity contribution is 0.0697. The summed E-state index contributed by atoms with van der Waals surface area (Å²) in [5, 5.41) is 8.86. The molecule has 1 aromatic carbocycles. The highest BCUT2D eigenvalue weighted by Gasteiger charge is 2.45. The van der Waals surface area contributed by atoms with Crippen LogP contribution in [0.15, 0.2) is 17.0 Å². The Hall–Kier alpha value is -0.820. The van der Waals surface area contributed by atoms with E-state index in [-0.39, 0.29) is 26.5 Å². The quantitative estimate of drug-likeness (QED) is 0.910. The van der Waals surface area contributed by atoms with E-state index in [1.807, 2.05) is 0 Å². The third-order valence-corrected chi connectivity index (χ3v) is 6.86. The van der Waals surface area contributed by atoms with Gasteiger partial charge in [-0.2, -0.15) is 4.31 Å². The third kappa shape index (κ3) is 2.44. The molecule has 2 fully saturated rings. The lowest BCUT2D eigenvalue weighted by atomic mass is 10.1. The number of benzene rings is 1. The van der Waals surface area contributed by atoms with Gasteiger partial charge in [0, 0.05) is 17.6 Å². The molecular formula is C13H13Cl2NO4S. The largest absolute Gasteiger partial charge is 0.478 e. The van der Waals surface area contributed by atoms with E-state index in [9.17, 15) is 13.2 Å². The molecule has 1 aliphatic carbocycles. The van der Waals surface area contributed by atoms with Crippen LogP contribution in [0.5, 0.6) is 0 Å². The molecule has 0 radical (unpaired) electrons. The van der Waals surface area contributed by atoms with Gasteiger partial charge in [-0.05, 0) is 37.3 Å². The molecule has 1 aromatic rings. The second kappa shape index (κ2) is 5.12. The number of carbonyl (C=O) groups is 1. The summed E-state index contributed by atoms with van der Waals surface area (Å²) in [6.07, 6.45) is 2.75. The molecule has 1 saturated heterocycles. The summed E-state index contributed by atoms with van der Waals surface area (Å²) in [6.45, 7) is 0.470. The molecule has 0 amide bonds. The van der Waals surface area contributed by atoms with E-state index in [2.05, 4.69) is 0 Å². The van der Waals surface area contributed by atoms with Crippen molar-refractivity contribution in [3.63, 3.8) is 0 Å². The highest BCUT2D eigenvalue weighted by molar-refractivity contribution is 7.89. The number of aromatic carboxylic acids is 1. The fourth-order valence-electron chi connectivity index (χ4n) is 3.21. The van der Waals surface area contributed by atoms with Crippen molar-refractivity contribution in [3.05, 3.63) is 27.7 Å². The summed E-state index contributed by atoms with van der Waals surface area (Å²) < 4.78 is 27.0. The number of carboxylic acid groups (broad SMARTS) is 1. The summed E-state index contributed by atoms with van der Waals surface area (Å²) in [4.78, 5) is 10.9. The van der Waals surface area contributed by atoms with Crippen LogP contribution in [0.3, 0.4) is 0 Å². The minimum atomic E-state index is -3.83. The Balaban J connectivity index is 2.09. The molecule has 1 N–H and O–H groups in total. The maximum Gasteiger partial charge on any atom is 0.337 e. The first-order valence-corrected chi connectivity index (χ1v) is 8.74. The first-order valence-electron chi connectivity index (χ1n) is 6.55. The van der Waals surface area contributed by atoms with Gasteiger partial charge in [-0.25, -0.2) is 13.2 Å². The van der Waals surface area contributed by atoms with Crippen molar-refractivity contribution in [2.45, 2.75) is 30.2 Å². The molecule has 1 aliphatic heterocycles. The lowest BCUT2D eigenvalue weighted by Crippen LogP contribution is -2.37. The van der Waals surface area contributed by atoms with Crippen LogP contribution < -0.4 is 0 Å². The predicted molar refractivity (Wildman–Crippen MR) is 78.4 cm³/mol. The Labute approximate surface area is 132 Å². The Morgan fingerprint density at radius 3 is 2.52 bits per heavy atom. The average Bonchev–Trinajstić information content (AvgIpc) is 3.03. The van der Waals surface area contributed by atoms with Crippen LogP contribution in [0.25, 0.3) is 0 Å². The molecule has 21 heavy (non-hydrogen) atoms. The minimum Gasteiger partial charge on any atom is -0.478 e. The summed E-state index contributed by atoms with van der Waals surface area (Å²) in [5.41, 5.74) is -0.299. The van der Waals surface area contributed by atoms with Crippen LogP contribution in [0.1, 0.15) is 29.6 Å². The van der Waals surface area contributed by atoms with Crippen molar-refractivity contribution in [3.8, 4) is 0 Å². The highest BCUT2D eigenvalue weighted by Crippen LogP contribution is 2.42. The van der Waals surface area contributed by atoms with E-state index in [1.165, 1.54) is 10.4 Å². The van der Waals surface area contributed by atoms with Crippen molar-refractivity contribution in [1.82, 2.24) is 4.31 Å². The van der Waals surface area contributed by atoms with Gasteiger partial charge < -0.3 is 5.11 Å². The summed E-state index contributed by atoms with van der Waals surface area (Å²) in [5.74, 6) is -0.913. The number of nitrogens with zero attached hydrogens (tertiary/aromatic N) is 1. The molecule has 2 bridgehead atoms. The number of fused-ring (bicyclic) bond motifs is 2. The van der Waals surface area contributed by atoms with Gasteiger partial charge in [-0.1, -0.05) is 23.2 Å². The van der Waals surface area contributed by atoms with Gasteiger partial charge in [0.05, 0.1) is 10.6 Å². The Morgan fingerprint density at radius 1 is 1.29 bits per heavy atom. The number of hydrogen-bond donors (Lipinski definition) is 1. The second-order valence-electron chi connectivity index (χ2n) is 5.48. The van der Waals surface area contributed by atoms with Gasteiger partial charge in [0.1, 0.15) is 4.90 Å². The molecule has 2 atom stereocenters. The fourth-order valence-corrected chi connectivity index (χ4v) is 5.83. The maximum absolute atomic E-state index is 12.8. The van der Waals surface area contributed by atoms with Gasteiger partial charge in [0.15, 0.2) is 0 Å². The van der Waals surface area contributed by atoms with Gasteiger partial charge in [-0.15, -0.1) is 0 Å². The van der Waals surface area contributed by atoms with Crippen molar-refractivity contribution < 1.29 is 18.3 Å². The van der Waals surface area contributed by atoms with Crippen LogP contribution in [0.2, 0.25) is 10.0 Å². The molecule has 0 spiro atoms. The van der Waals surface area contributed by atoms with Gasteiger partial charge in [0.25, 0.3) is 0 Å². The number of carboxylic acids is 1. The van der Waals surface area contributed by atoms with E-state index < -0.39 is 16.0 Å². The van der Waals surface area contributed by atoms with E-state index in [0.717, 1.165) is 25.3 Å². The maximum atomic E-state index is 12.8. The summed E-state index contributed by atoms with van der Waals surface area (Å²) in [7, 11) is -3.83. The molecule has 2 aliphatic rings. The first-order chi connectivity index (χ1) is 9.80. The van der Waals surface area contributed by atoms with Crippen molar-refractivity contribution in [2.24, 2.45) is 5.92 Å². The van der Waals surface area contributed by atoms with Gasteiger partial charge >= 0.3 is 5.97 Å². The molecular weight excluding hydrogens is 337 g/mol. The topological polar surface area (TPSA) is 74.7 Å². The number of piperidine rings is 1. The van der Waals surface area contributed by atoms with Crippen LogP contribution >= 0.6 is 23.2 Å². The Kier molecular flexibility index (Phi) is 3.68. The molecule has 114 valence electrons. The normalized spacial score (nSPS) is 25.4. The van der Waals surface area contributed by atoms with Gasteiger partial charge in [-0.3, -0.25) is 0 Å². The zero-order valence-electron chi connectivity index (χ0n) is 10.9. The Morgan fingerprint density at radius 2 is 2.00 bits per heavy atom. The standard InChI is InChI=1S/C13H13Cl2NO4S/c14-8-4-10(13(17)18)12(15)11(5-8)21(19,20)16-6-7-1-2-9(16)3-7/h4-5,7,9H,1-3,6H2,(H,17,18). The zero-order valence-corrected chi connectivity index (χ0v) is 13.2. The number of sulfonamides is 1. The number of halogens is 2. The summed E-state index contributed by atoms with van der Waals surface area (Å²) >= 11 is 11.8. The van der Waals surface area contributed by atoms with E-state index >= 15 is 0 Å². The molecule has 3 rings (SSSR count). The molecule has 8 heteroatoms. The SMILES string of the molecule is O=C(O)c1cc(Cl)cc(S(=O)(=O)N2CC3CCC2C3)c1Cl. The van der Waals surface area contributed by atoms with Crippen molar-refractivity contribution in [2.75, 3.05) is 6.54 Å². The summed E-state index contributed by atoms with van der Waals surface area (Å²) in [6, 6.07) is 2.36. The monoisotopic (exact) mass is 349 g/mol. The molecule has 1 heterocycles. The first kappa shape index (κ1) is 15.1. The third-order valence-electron chi connectivity index (χ3n) is 4.18. The highest BCUT2D eigenvalue weighted by atomic mass is 35.5. The van der Waals surface area contributed by atoms with Gasteiger partial charge in [0.2, 0.25) is 10.0 Å². The predicted octanol–water partition coefficient (Wildman–Crippen LogP) is 2.86. The van der Waals surface area contributed by atoms with E-state index in [4.69, 9.17) is 28.3 Å². The lowest BCUT2D eigenvalue weighted by Gasteiger charge is -2.26. The molecule has 5 nitrogen and oxygen atoms in total. The van der Waals surface area contributed by atoms with Crippen molar-refractivity contribution in [1.29, 1.82) is 0 Å². The minimum absolute atomic E-state index is 0.0108. The van der Waals surface area contributed by atoms with E-state index in [1.54, 1.807) is 0 Å². The van der Waals surface area contributed by atoms with Crippen molar-refractivity contribution >= 4 is 39.2 Å². The molecule has 1 saturated carbocycles. The zero-order chi connectivity index (χ0) is 15.4. The molecule has 2 unspecified atom stereocenters. The number of rotatable bonds is 3. The average molecular weight is 350 g/mol.